The number of methoxy groups -OCH3 is 2. The zero-order chi connectivity index (χ0) is 15.6. The highest BCUT2D eigenvalue weighted by Crippen LogP contribution is 2.40. The van der Waals surface area contributed by atoms with Crippen molar-refractivity contribution in [2.75, 3.05) is 14.2 Å². The van der Waals surface area contributed by atoms with E-state index in [0.29, 0.717) is 37.7 Å². The van der Waals surface area contributed by atoms with Crippen LogP contribution in [0.25, 0.3) is 0 Å². The van der Waals surface area contributed by atoms with Crippen molar-refractivity contribution in [2.24, 2.45) is 5.73 Å². The zero-order valence-electron chi connectivity index (χ0n) is 11.5. The Bertz CT molecular complexity index is 641. The van der Waals surface area contributed by atoms with Crippen LogP contribution in [0, 0.1) is 0 Å². The first kappa shape index (κ1) is 16.2. The van der Waals surface area contributed by atoms with Crippen molar-refractivity contribution in [3.63, 3.8) is 0 Å². The summed E-state index contributed by atoms with van der Waals surface area (Å²) in [7, 11) is 3.09. The summed E-state index contributed by atoms with van der Waals surface area (Å²) in [5.41, 5.74) is 7.56. The molecule has 0 aliphatic carbocycles. The van der Waals surface area contributed by atoms with Gasteiger partial charge in [0.25, 0.3) is 0 Å². The maximum Gasteiger partial charge on any atom is 0.162 e. The maximum absolute atomic E-state index is 6.28. The SMILES string of the molecule is COc1cc(Cl)c(C(N)c2c(Cl)cccc2Cl)cc1OC. The fraction of sp³-hybridized carbons (Fsp3) is 0.200. The molecule has 112 valence electrons. The van der Waals surface area contributed by atoms with Gasteiger partial charge in [-0.2, -0.15) is 0 Å². The van der Waals surface area contributed by atoms with Crippen LogP contribution in [-0.4, -0.2) is 14.2 Å². The second-order valence-corrected chi connectivity index (χ2v) is 5.56. The standard InChI is InChI=1S/C15H14Cl3NO2/c1-20-12-6-8(11(18)7-13(12)21-2)15(19)14-9(16)4-3-5-10(14)17/h3-7,15H,19H2,1-2H3. The van der Waals surface area contributed by atoms with Crippen LogP contribution in [0.3, 0.4) is 0 Å². The first-order valence-corrected chi connectivity index (χ1v) is 7.23. The summed E-state index contributed by atoms with van der Waals surface area (Å²) in [6, 6.07) is 8.04. The van der Waals surface area contributed by atoms with Gasteiger partial charge in [0.2, 0.25) is 0 Å². The second-order valence-electron chi connectivity index (χ2n) is 4.34. The number of hydrogen-bond donors (Lipinski definition) is 1. The second kappa shape index (κ2) is 6.75. The lowest BCUT2D eigenvalue weighted by atomic mass is 9.99. The third-order valence-electron chi connectivity index (χ3n) is 3.15. The number of nitrogens with two attached hydrogens (primary N) is 1. The Balaban J connectivity index is 2.56. The highest BCUT2D eigenvalue weighted by atomic mass is 35.5. The van der Waals surface area contributed by atoms with Crippen LogP contribution in [0.5, 0.6) is 11.5 Å². The molecule has 21 heavy (non-hydrogen) atoms. The molecule has 1 atom stereocenters. The fourth-order valence-electron chi connectivity index (χ4n) is 2.07. The van der Waals surface area contributed by atoms with E-state index in [1.165, 1.54) is 0 Å². The van der Waals surface area contributed by atoms with Crippen LogP contribution in [0.15, 0.2) is 30.3 Å². The monoisotopic (exact) mass is 345 g/mol. The molecule has 2 N–H and O–H groups in total. The van der Waals surface area contributed by atoms with E-state index in [9.17, 15) is 0 Å². The molecule has 1 unspecified atom stereocenters. The maximum atomic E-state index is 6.28. The van der Waals surface area contributed by atoms with Gasteiger partial charge in [-0.3, -0.25) is 0 Å². The molecule has 0 spiro atoms. The van der Waals surface area contributed by atoms with E-state index >= 15 is 0 Å². The Hall–Kier alpha value is -1.13. The molecule has 0 aliphatic heterocycles. The van der Waals surface area contributed by atoms with Gasteiger partial charge < -0.3 is 15.2 Å². The summed E-state index contributed by atoms with van der Waals surface area (Å²) in [6.45, 7) is 0. The third kappa shape index (κ3) is 3.22. The molecule has 0 bridgehead atoms. The number of benzene rings is 2. The summed E-state index contributed by atoms with van der Waals surface area (Å²) < 4.78 is 10.5. The van der Waals surface area contributed by atoms with E-state index in [1.807, 2.05) is 0 Å². The molecule has 0 heterocycles. The Morgan fingerprint density at radius 2 is 1.43 bits per heavy atom. The van der Waals surface area contributed by atoms with Crippen molar-refractivity contribution in [3.8, 4) is 11.5 Å². The van der Waals surface area contributed by atoms with Crippen molar-refractivity contribution in [3.05, 3.63) is 56.5 Å². The van der Waals surface area contributed by atoms with Crippen molar-refractivity contribution in [1.29, 1.82) is 0 Å². The Labute approximate surface area is 138 Å². The average Bonchev–Trinajstić information content (AvgIpc) is 2.46. The van der Waals surface area contributed by atoms with Crippen molar-refractivity contribution >= 4 is 34.8 Å². The molecule has 0 amide bonds. The predicted octanol–water partition coefficient (Wildman–Crippen LogP) is 4.71. The first-order valence-electron chi connectivity index (χ1n) is 6.10. The molecule has 0 aliphatic rings. The molecule has 3 nitrogen and oxygen atoms in total. The minimum atomic E-state index is -0.571. The van der Waals surface area contributed by atoms with Crippen LogP contribution >= 0.6 is 34.8 Å². The third-order valence-corrected chi connectivity index (χ3v) is 4.14. The fourth-order valence-corrected chi connectivity index (χ4v) is 2.98. The van der Waals surface area contributed by atoms with Crippen LogP contribution in [-0.2, 0) is 0 Å². The van der Waals surface area contributed by atoms with Crippen LogP contribution < -0.4 is 15.2 Å². The minimum Gasteiger partial charge on any atom is -0.493 e. The van der Waals surface area contributed by atoms with E-state index in [1.54, 1.807) is 44.6 Å². The minimum absolute atomic E-state index is 0.455. The van der Waals surface area contributed by atoms with E-state index in [-0.39, 0.29) is 0 Å². The number of halogens is 3. The van der Waals surface area contributed by atoms with Crippen molar-refractivity contribution in [1.82, 2.24) is 0 Å². The lowest BCUT2D eigenvalue weighted by Crippen LogP contribution is -2.14. The summed E-state index contributed by atoms with van der Waals surface area (Å²) in [6.07, 6.45) is 0. The number of ether oxygens (including phenoxy) is 2. The zero-order valence-corrected chi connectivity index (χ0v) is 13.8. The Kier molecular flexibility index (Phi) is 5.22. The number of hydrogen-bond acceptors (Lipinski definition) is 3. The van der Waals surface area contributed by atoms with Gasteiger partial charge in [0, 0.05) is 26.7 Å². The quantitative estimate of drug-likeness (QED) is 0.871. The van der Waals surface area contributed by atoms with Crippen molar-refractivity contribution < 1.29 is 9.47 Å². The van der Waals surface area contributed by atoms with Gasteiger partial charge >= 0.3 is 0 Å². The van der Waals surface area contributed by atoms with Gasteiger partial charge in [-0.15, -0.1) is 0 Å². The van der Waals surface area contributed by atoms with Gasteiger partial charge in [0.1, 0.15) is 0 Å². The summed E-state index contributed by atoms with van der Waals surface area (Å²) >= 11 is 18.7. The summed E-state index contributed by atoms with van der Waals surface area (Å²) in [4.78, 5) is 0. The van der Waals surface area contributed by atoms with Crippen molar-refractivity contribution in [2.45, 2.75) is 6.04 Å². The average molecular weight is 347 g/mol. The van der Waals surface area contributed by atoms with E-state index in [0.717, 1.165) is 0 Å². The van der Waals surface area contributed by atoms with Gasteiger partial charge in [0.15, 0.2) is 11.5 Å². The smallest absolute Gasteiger partial charge is 0.162 e. The Morgan fingerprint density at radius 1 is 0.905 bits per heavy atom. The normalized spacial score (nSPS) is 12.1. The molecule has 6 heteroatoms. The Morgan fingerprint density at radius 3 is 1.95 bits per heavy atom. The van der Waals surface area contributed by atoms with E-state index in [2.05, 4.69) is 0 Å². The molecule has 0 fully saturated rings. The molecular formula is C15H14Cl3NO2. The topological polar surface area (TPSA) is 44.5 Å². The van der Waals surface area contributed by atoms with E-state index < -0.39 is 6.04 Å². The van der Waals surface area contributed by atoms with Gasteiger partial charge in [0.05, 0.1) is 20.3 Å². The molecule has 2 rings (SSSR count). The lowest BCUT2D eigenvalue weighted by Gasteiger charge is -2.19. The number of rotatable bonds is 4. The largest absolute Gasteiger partial charge is 0.493 e. The summed E-state index contributed by atoms with van der Waals surface area (Å²) in [5.74, 6) is 1.07. The van der Waals surface area contributed by atoms with Gasteiger partial charge in [-0.05, 0) is 23.8 Å². The highest BCUT2D eigenvalue weighted by molar-refractivity contribution is 6.36. The predicted molar refractivity (Wildman–Crippen MR) is 87.0 cm³/mol. The molecule has 2 aromatic carbocycles. The van der Waals surface area contributed by atoms with Gasteiger partial charge in [-0.1, -0.05) is 40.9 Å². The molecular weight excluding hydrogens is 333 g/mol. The first-order chi connectivity index (χ1) is 9.99. The molecule has 0 saturated heterocycles. The lowest BCUT2D eigenvalue weighted by molar-refractivity contribution is 0.354. The molecule has 0 radical (unpaired) electrons. The van der Waals surface area contributed by atoms with Gasteiger partial charge in [-0.25, -0.2) is 0 Å². The summed E-state index contributed by atoms with van der Waals surface area (Å²) in [5, 5.41) is 1.43. The van der Waals surface area contributed by atoms with Crippen LogP contribution in [0.4, 0.5) is 0 Å². The van der Waals surface area contributed by atoms with E-state index in [4.69, 9.17) is 50.0 Å². The molecule has 2 aromatic rings. The van der Waals surface area contributed by atoms with Crippen LogP contribution in [0.2, 0.25) is 15.1 Å². The molecule has 0 saturated carbocycles. The molecule has 0 aromatic heterocycles. The highest BCUT2D eigenvalue weighted by Gasteiger charge is 2.21. The van der Waals surface area contributed by atoms with Crippen LogP contribution in [0.1, 0.15) is 17.2 Å².